The maximum absolute atomic E-state index is 6.11. The Bertz CT molecular complexity index is 544. The summed E-state index contributed by atoms with van der Waals surface area (Å²) in [6, 6.07) is 5.98. The first-order valence-electron chi connectivity index (χ1n) is 5.39. The smallest absolute Gasteiger partial charge is 0.123 e. The van der Waals surface area contributed by atoms with Gasteiger partial charge >= 0.3 is 0 Å². The van der Waals surface area contributed by atoms with E-state index in [0.717, 1.165) is 39.6 Å². The van der Waals surface area contributed by atoms with Crippen LogP contribution in [0.15, 0.2) is 22.7 Å². The Morgan fingerprint density at radius 1 is 1.41 bits per heavy atom. The number of aromatic nitrogens is 1. The zero-order chi connectivity index (χ0) is 11.8. The highest BCUT2D eigenvalue weighted by molar-refractivity contribution is 9.10. The van der Waals surface area contributed by atoms with Crippen molar-refractivity contribution in [1.82, 2.24) is 10.3 Å². The van der Waals surface area contributed by atoms with Crippen molar-refractivity contribution in [3.63, 3.8) is 0 Å². The van der Waals surface area contributed by atoms with E-state index < -0.39 is 0 Å². The van der Waals surface area contributed by atoms with E-state index in [4.69, 9.17) is 16.6 Å². The van der Waals surface area contributed by atoms with E-state index in [0.29, 0.717) is 0 Å². The van der Waals surface area contributed by atoms with Gasteiger partial charge in [-0.05, 0) is 28.1 Å². The van der Waals surface area contributed by atoms with Crippen molar-refractivity contribution >= 4 is 38.9 Å². The van der Waals surface area contributed by atoms with Crippen molar-refractivity contribution in [3.05, 3.63) is 38.3 Å². The first kappa shape index (κ1) is 11.7. The van der Waals surface area contributed by atoms with Gasteiger partial charge in [-0.3, -0.25) is 0 Å². The largest absolute Gasteiger partial charge is 0.311 e. The van der Waals surface area contributed by atoms with Gasteiger partial charge in [0.1, 0.15) is 5.01 Å². The molecule has 1 N–H and O–H groups in total. The lowest BCUT2D eigenvalue weighted by Gasteiger charge is -2.09. The van der Waals surface area contributed by atoms with Crippen LogP contribution in [0.2, 0.25) is 5.02 Å². The summed E-state index contributed by atoms with van der Waals surface area (Å²) in [5.74, 6) is 0. The van der Waals surface area contributed by atoms with Crippen LogP contribution < -0.4 is 5.32 Å². The van der Waals surface area contributed by atoms with Crippen molar-refractivity contribution in [1.29, 1.82) is 0 Å². The zero-order valence-corrected chi connectivity index (χ0v) is 12.1. The topological polar surface area (TPSA) is 24.9 Å². The van der Waals surface area contributed by atoms with Gasteiger partial charge in [0, 0.05) is 34.4 Å². The van der Waals surface area contributed by atoms with Gasteiger partial charge in [0.05, 0.1) is 10.7 Å². The van der Waals surface area contributed by atoms with E-state index in [1.54, 1.807) is 11.3 Å². The molecule has 1 aromatic carbocycles. The molecule has 17 heavy (non-hydrogen) atoms. The average Bonchev–Trinajstić information content (AvgIpc) is 2.76. The number of benzene rings is 1. The number of halogens is 2. The molecule has 0 atom stereocenters. The Morgan fingerprint density at radius 2 is 2.29 bits per heavy atom. The van der Waals surface area contributed by atoms with Crippen molar-refractivity contribution in [2.45, 2.75) is 13.0 Å². The van der Waals surface area contributed by atoms with Crippen LogP contribution in [-0.2, 0) is 13.0 Å². The second kappa shape index (κ2) is 4.69. The first-order valence-corrected chi connectivity index (χ1v) is 7.37. The molecule has 0 unspecified atom stereocenters. The summed E-state index contributed by atoms with van der Waals surface area (Å²) >= 11 is 11.3. The molecule has 0 aliphatic carbocycles. The van der Waals surface area contributed by atoms with E-state index in [1.165, 1.54) is 10.6 Å². The predicted molar refractivity (Wildman–Crippen MR) is 75.7 cm³/mol. The fraction of sp³-hybridized carbons (Fsp3) is 0.250. The van der Waals surface area contributed by atoms with Crippen molar-refractivity contribution in [2.24, 2.45) is 0 Å². The summed E-state index contributed by atoms with van der Waals surface area (Å²) in [5.41, 5.74) is 2.33. The summed E-state index contributed by atoms with van der Waals surface area (Å²) < 4.78 is 0.922. The van der Waals surface area contributed by atoms with Gasteiger partial charge in [-0.25, -0.2) is 4.98 Å². The quantitative estimate of drug-likeness (QED) is 0.859. The molecule has 3 rings (SSSR count). The van der Waals surface area contributed by atoms with Gasteiger partial charge in [0.2, 0.25) is 0 Å². The molecule has 1 aliphatic heterocycles. The van der Waals surface area contributed by atoms with Gasteiger partial charge in [0.15, 0.2) is 0 Å². The van der Waals surface area contributed by atoms with Crippen LogP contribution in [0.5, 0.6) is 0 Å². The molecule has 2 heterocycles. The molecule has 1 aromatic heterocycles. The molecule has 0 saturated carbocycles. The first-order chi connectivity index (χ1) is 8.24. The Hall–Kier alpha value is -0.420. The summed E-state index contributed by atoms with van der Waals surface area (Å²) in [6.07, 6.45) is 1.02. The standard InChI is InChI=1S/C12H10BrClN2S/c13-8-2-1-7(5-9(8)14)12-16-10-3-4-15-6-11(10)17-12/h1-2,5,15H,3-4,6H2. The third-order valence-electron chi connectivity index (χ3n) is 2.77. The fourth-order valence-electron chi connectivity index (χ4n) is 1.88. The Morgan fingerprint density at radius 3 is 3.06 bits per heavy atom. The second-order valence-electron chi connectivity index (χ2n) is 3.94. The van der Waals surface area contributed by atoms with Crippen LogP contribution in [0.4, 0.5) is 0 Å². The van der Waals surface area contributed by atoms with Crippen molar-refractivity contribution in [2.75, 3.05) is 6.54 Å². The minimum absolute atomic E-state index is 0.730. The molecular weight excluding hydrogens is 320 g/mol. The van der Waals surface area contributed by atoms with Crippen LogP contribution in [0.25, 0.3) is 10.6 Å². The molecule has 0 bridgehead atoms. The molecule has 0 saturated heterocycles. The highest BCUT2D eigenvalue weighted by Crippen LogP contribution is 2.33. The highest BCUT2D eigenvalue weighted by Gasteiger charge is 2.15. The summed E-state index contributed by atoms with van der Waals surface area (Å²) in [7, 11) is 0. The lowest BCUT2D eigenvalue weighted by molar-refractivity contribution is 0.644. The molecule has 2 aromatic rings. The molecule has 5 heteroatoms. The number of rotatable bonds is 1. The molecule has 88 valence electrons. The SMILES string of the molecule is Clc1cc(-c2nc3c(s2)CNCC3)ccc1Br. The number of fused-ring (bicyclic) bond motifs is 1. The van der Waals surface area contributed by atoms with E-state index in [2.05, 4.69) is 21.2 Å². The maximum atomic E-state index is 6.11. The number of nitrogens with one attached hydrogen (secondary N) is 1. The van der Waals surface area contributed by atoms with Gasteiger partial charge < -0.3 is 5.32 Å². The van der Waals surface area contributed by atoms with Gasteiger partial charge in [-0.1, -0.05) is 17.7 Å². The van der Waals surface area contributed by atoms with Crippen molar-refractivity contribution < 1.29 is 0 Å². The van der Waals surface area contributed by atoms with E-state index in [1.807, 2.05) is 18.2 Å². The molecule has 0 fully saturated rings. The fourth-order valence-corrected chi connectivity index (χ4v) is 3.38. The number of nitrogens with zero attached hydrogens (tertiary/aromatic N) is 1. The van der Waals surface area contributed by atoms with Gasteiger partial charge in [-0.2, -0.15) is 0 Å². The normalized spacial score (nSPS) is 14.7. The lowest BCUT2D eigenvalue weighted by Crippen LogP contribution is -2.22. The average molecular weight is 330 g/mol. The summed E-state index contributed by atoms with van der Waals surface area (Å²) in [4.78, 5) is 6.05. The molecule has 2 nitrogen and oxygen atoms in total. The minimum atomic E-state index is 0.730. The molecule has 0 spiro atoms. The molecule has 1 aliphatic rings. The number of thiazole rings is 1. The Labute approximate surface area is 117 Å². The second-order valence-corrected chi connectivity index (χ2v) is 6.29. The van der Waals surface area contributed by atoms with E-state index >= 15 is 0 Å². The van der Waals surface area contributed by atoms with Crippen LogP contribution in [0.3, 0.4) is 0 Å². The number of hydrogen-bond donors (Lipinski definition) is 1. The third-order valence-corrected chi connectivity index (χ3v) is 5.15. The monoisotopic (exact) mass is 328 g/mol. The molecule has 0 amide bonds. The Balaban J connectivity index is 2.03. The van der Waals surface area contributed by atoms with Crippen LogP contribution in [-0.4, -0.2) is 11.5 Å². The summed E-state index contributed by atoms with van der Waals surface area (Å²) in [5, 5.41) is 5.16. The predicted octanol–water partition coefficient (Wildman–Crippen LogP) is 3.87. The van der Waals surface area contributed by atoms with E-state index in [9.17, 15) is 0 Å². The molecular formula is C12H10BrClN2S. The van der Waals surface area contributed by atoms with Crippen molar-refractivity contribution in [3.8, 4) is 10.6 Å². The van der Waals surface area contributed by atoms with Crippen LogP contribution >= 0.6 is 38.9 Å². The number of hydrogen-bond acceptors (Lipinski definition) is 3. The lowest BCUT2D eigenvalue weighted by atomic mass is 10.2. The van der Waals surface area contributed by atoms with Gasteiger partial charge in [-0.15, -0.1) is 11.3 Å². The van der Waals surface area contributed by atoms with Gasteiger partial charge in [0.25, 0.3) is 0 Å². The highest BCUT2D eigenvalue weighted by atomic mass is 79.9. The summed E-state index contributed by atoms with van der Waals surface area (Å²) in [6.45, 7) is 1.97. The zero-order valence-electron chi connectivity index (χ0n) is 8.96. The van der Waals surface area contributed by atoms with Crippen LogP contribution in [0.1, 0.15) is 10.6 Å². The van der Waals surface area contributed by atoms with Crippen LogP contribution in [0, 0.1) is 0 Å². The maximum Gasteiger partial charge on any atom is 0.123 e. The molecule has 0 radical (unpaired) electrons. The minimum Gasteiger partial charge on any atom is -0.311 e. The van der Waals surface area contributed by atoms with E-state index in [-0.39, 0.29) is 0 Å². The Kier molecular flexibility index (Phi) is 3.21. The third kappa shape index (κ3) is 2.27.